The topological polar surface area (TPSA) is 68.3 Å². The van der Waals surface area contributed by atoms with E-state index < -0.39 is 10.2 Å². The van der Waals surface area contributed by atoms with Crippen LogP contribution in [0.1, 0.15) is 17.9 Å². The van der Waals surface area contributed by atoms with Gasteiger partial charge < -0.3 is 14.2 Å². The number of benzene rings is 2. The molecule has 0 N–H and O–H groups in total. The Hall–Kier alpha value is -2.36. The maximum absolute atomic E-state index is 13.4. The lowest BCUT2D eigenvalue weighted by Gasteiger charge is -2.38. The van der Waals surface area contributed by atoms with E-state index in [0.29, 0.717) is 43.4 Å². The molecule has 0 amide bonds. The second-order valence-electron chi connectivity index (χ2n) is 7.68. The average molecular weight is 437 g/mol. The highest BCUT2D eigenvalue weighted by atomic mass is 32.2. The largest absolute Gasteiger partial charge is 0.493 e. The van der Waals surface area contributed by atoms with E-state index in [-0.39, 0.29) is 24.4 Å². The van der Waals surface area contributed by atoms with E-state index in [0.717, 1.165) is 5.56 Å². The van der Waals surface area contributed by atoms with Crippen LogP contribution in [0.4, 0.5) is 4.39 Å². The van der Waals surface area contributed by atoms with Crippen LogP contribution in [0, 0.1) is 11.7 Å². The number of fused-ring (bicyclic) bond motifs is 1. The highest BCUT2D eigenvalue weighted by Crippen LogP contribution is 2.37. The summed E-state index contributed by atoms with van der Waals surface area (Å²) in [5.41, 5.74) is 0.984. The number of ether oxygens (including phenoxy) is 3. The molecular formula is C21H25FN2O5S. The molecular weight excluding hydrogens is 411 g/mol. The molecule has 2 aromatic carbocycles. The molecule has 0 bridgehead atoms. The van der Waals surface area contributed by atoms with Gasteiger partial charge in [0.1, 0.15) is 11.6 Å². The van der Waals surface area contributed by atoms with Gasteiger partial charge in [-0.15, -0.1) is 0 Å². The van der Waals surface area contributed by atoms with E-state index in [4.69, 9.17) is 14.2 Å². The van der Waals surface area contributed by atoms with E-state index in [1.807, 2.05) is 0 Å². The molecule has 9 heteroatoms. The van der Waals surface area contributed by atoms with Gasteiger partial charge in [0, 0.05) is 39.2 Å². The fourth-order valence-electron chi connectivity index (χ4n) is 3.93. The van der Waals surface area contributed by atoms with E-state index in [1.165, 1.54) is 34.8 Å². The van der Waals surface area contributed by atoms with Gasteiger partial charge in [-0.3, -0.25) is 0 Å². The monoisotopic (exact) mass is 436 g/mol. The summed E-state index contributed by atoms with van der Waals surface area (Å²) in [6, 6.07) is 11.8. The van der Waals surface area contributed by atoms with Gasteiger partial charge in [-0.25, -0.2) is 4.39 Å². The van der Waals surface area contributed by atoms with Gasteiger partial charge in [-0.05, 0) is 42.2 Å². The second kappa shape index (κ2) is 8.41. The van der Waals surface area contributed by atoms with Crippen molar-refractivity contribution in [2.45, 2.75) is 12.3 Å². The van der Waals surface area contributed by atoms with Crippen LogP contribution in [0.15, 0.2) is 42.5 Å². The van der Waals surface area contributed by atoms with Crippen molar-refractivity contribution in [2.24, 2.45) is 5.92 Å². The zero-order chi connectivity index (χ0) is 21.3. The molecule has 0 aromatic heterocycles. The van der Waals surface area contributed by atoms with E-state index in [2.05, 4.69) is 0 Å². The summed E-state index contributed by atoms with van der Waals surface area (Å²) in [5.74, 6) is 1.61. The highest BCUT2D eigenvalue weighted by Gasteiger charge is 2.37. The normalized spacial score (nSPS) is 21.7. The summed E-state index contributed by atoms with van der Waals surface area (Å²) in [6.07, 6.45) is 0.633. The number of hydrogen-bond donors (Lipinski definition) is 0. The molecule has 2 aliphatic heterocycles. The number of halogens is 1. The van der Waals surface area contributed by atoms with Crippen molar-refractivity contribution in [3.05, 3.63) is 53.8 Å². The van der Waals surface area contributed by atoms with Crippen molar-refractivity contribution in [3.8, 4) is 17.2 Å². The number of nitrogens with zero attached hydrogens (tertiary/aromatic N) is 2. The average Bonchev–Trinajstić information content (AvgIpc) is 3.20. The molecule has 30 heavy (non-hydrogen) atoms. The first-order valence-corrected chi connectivity index (χ1v) is 11.2. The Morgan fingerprint density at radius 1 is 1.13 bits per heavy atom. The first kappa shape index (κ1) is 20.9. The summed E-state index contributed by atoms with van der Waals surface area (Å²) in [7, 11) is -0.467. The first-order valence-electron chi connectivity index (χ1n) is 9.80. The maximum Gasteiger partial charge on any atom is 0.281 e. The first-order chi connectivity index (χ1) is 14.3. The van der Waals surface area contributed by atoms with Gasteiger partial charge in [0.25, 0.3) is 10.2 Å². The molecule has 0 saturated carbocycles. The Morgan fingerprint density at radius 2 is 1.87 bits per heavy atom. The summed E-state index contributed by atoms with van der Waals surface area (Å²) in [6.45, 7) is 1.24. The lowest BCUT2D eigenvalue weighted by Crippen LogP contribution is -2.48. The molecule has 2 atom stereocenters. The van der Waals surface area contributed by atoms with E-state index in [1.54, 1.807) is 30.3 Å². The van der Waals surface area contributed by atoms with Crippen molar-refractivity contribution in [3.63, 3.8) is 0 Å². The minimum absolute atomic E-state index is 0.0632. The highest BCUT2D eigenvalue weighted by molar-refractivity contribution is 7.86. The standard InChI is InChI=1S/C21H25FN2O5S/c1-23(2)30(25,26)24-10-9-19(15-3-5-17(22)6-4-15)16(12-24)13-27-18-7-8-20-21(11-18)29-14-28-20/h3-8,11,16,19H,9-10,12-14H2,1-2H3/t16-,19-/m0/s1. The molecule has 1 saturated heterocycles. The third-order valence-electron chi connectivity index (χ3n) is 5.59. The van der Waals surface area contributed by atoms with Crippen LogP contribution in [0.5, 0.6) is 17.2 Å². The lowest BCUT2D eigenvalue weighted by atomic mass is 9.81. The smallest absolute Gasteiger partial charge is 0.281 e. The Bertz CT molecular complexity index is 997. The van der Waals surface area contributed by atoms with Crippen LogP contribution < -0.4 is 14.2 Å². The number of hydrogen-bond acceptors (Lipinski definition) is 5. The minimum atomic E-state index is -3.52. The summed E-state index contributed by atoms with van der Waals surface area (Å²) in [4.78, 5) is 0. The predicted molar refractivity (Wildman–Crippen MR) is 109 cm³/mol. The molecule has 0 radical (unpaired) electrons. The van der Waals surface area contributed by atoms with Gasteiger partial charge in [-0.2, -0.15) is 17.0 Å². The van der Waals surface area contributed by atoms with Crippen molar-refractivity contribution >= 4 is 10.2 Å². The van der Waals surface area contributed by atoms with Crippen LogP contribution in [0.3, 0.4) is 0 Å². The fraction of sp³-hybridized carbons (Fsp3) is 0.429. The lowest BCUT2D eigenvalue weighted by molar-refractivity contribution is 0.154. The fourth-order valence-corrected chi connectivity index (χ4v) is 5.10. The van der Waals surface area contributed by atoms with Gasteiger partial charge in [0.2, 0.25) is 6.79 Å². The van der Waals surface area contributed by atoms with Gasteiger partial charge in [0.05, 0.1) is 6.61 Å². The third kappa shape index (κ3) is 4.23. The Balaban J connectivity index is 1.54. The van der Waals surface area contributed by atoms with Gasteiger partial charge in [0.15, 0.2) is 11.5 Å². The molecule has 0 spiro atoms. The zero-order valence-corrected chi connectivity index (χ0v) is 17.8. The van der Waals surface area contributed by atoms with Crippen LogP contribution >= 0.6 is 0 Å². The Kier molecular flexibility index (Phi) is 5.86. The van der Waals surface area contributed by atoms with Gasteiger partial charge >= 0.3 is 0 Å². The maximum atomic E-state index is 13.4. The molecule has 2 heterocycles. The summed E-state index contributed by atoms with van der Waals surface area (Å²) >= 11 is 0. The Labute approximate surface area is 176 Å². The number of piperidine rings is 1. The van der Waals surface area contributed by atoms with Crippen molar-refractivity contribution in [2.75, 3.05) is 40.6 Å². The summed E-state index contributed by atoms with van der Waals surface area (Å²) < 4.78 is 58.1. The molecule has 162 valence electrons. The van der Waals surface area contributed by atoms with Crippen molar-refractivity contribution < 1.29 is 27.0 Å². The quantitative estimate of drug-likeness (QED) is 0.697. The minimum Gasteiger partial charge on any atom is -0.493 e. The molecule has 4 rings (SSSR count). The predicted octanol–water partition coefficient (Wildman–Crippen LogP) is 2.85. The molecule has 0 aliphatic carbocycles. The van der Waals surface area contributed by atoms with Crippen LogP contribution in [-0.4, -0.2) is 57.6 Å². The van der Waals surface area contributed by atoms with E-state index in [9.17, 15) is 12.8 Å². The summed E-state index contributed by atoms with van der Waals surface area (Å²) in [5, 5.41) is 0. The molecule has 2 aromatic rings. The van der Waals surface area contributed by atoms with Crippen LogP contribution in [0.2, 0.25) is 0 Å². The van der Waals surface area contributed by atoms with Crippen molar-refractivity contribution in [1.82, 2.24) is 8.61 Å². The molecule has 1 fully saturated rings. The molecule has 7 nitrogen and oxygen atoms in total. The molecule has 2 aliphatic rings. The van der Waals surface area contributed by atoms with Gasteiger partial charge in [-0.1, -0.05) is 12.1 Å². The SMILES string of the molecule is CN(C)S(=O)(=O)N1CC[C@@H](c2ccc(F)cc2)[C@H](COc2ccc3c(c2)OCO3)C1. The van der Waals surface area contributed by atoms with Crippen molar-refractivity contribution in [1.29, 1.82) is 0 Å². The van der Waals surface area contributed by atoms with E-state index >= 15 is 0 Å². The molecule has 0 unspecified atom stereocenters. The van der Waals surface area contributed by atoms with Crippen LogP contribution in [0.25, 0.3) is 0 Å². The third-order valence-corrected chi connectivity index (χ3v) is 7.50. The van der Waals surface area contributed by atoms with Crippen LogP contribution in [-0.2, 0) is 10.2 Å². The number of rotatable bonds is 6. The second-order valence-corrected chi connectivity index (χ2v) is 9.82. The zero-order valence-electron chi connectivity index (χ0n) is 17.0. The Morgan fingerprint density at radius 3 is 2.60 bits per heavy atom.